The molecule has 0 atom stereocenters. The highest BCUT2D eigenvalue weighted by Crippen LogP contribution is 2.34. The molecule has 1 heterocycles. The van der Waals surface area contributed by atoms with Crippen molar-refractivity contribution in [3.8, 4) is 0 Å². The zero-order valence-electron chi connectivity index (χ0n) is 13.0. The summed E-state index contributed by atoms with van der Waals surface area (Å²) in [7, 11) is 0. The molecule has 0 aromatic carbocycles. The van der Waals surface area contributed by atoms with E-state index in [0.717, 1.165) is 24.8 Å². The lowest BCUT2D eigenvalue weighted by molar-refractivity contribution is 0.206. The molecule has 1 N–H and O–H groups in total. The number of aryl methyl sites for hydroxylation is 3. The van der Waals surface area contributed by atoms with Crippen LogP contribution in [0.15, 0.2) is 6.07 Å². The minimum absolute atomic E-state index is 0.571. The molecule has 3 heteroatoms. The lowest BCUT2D eigenvalue weighted by Crippen LogP contribution is -2.36. The van der Waals surface area contributed by atoms with Crippen molar-refractivity contribution in [3.05, 3.63) is 17.5 Å². The van der Waals surface area contributed by atoms with Crippen LogP contribution in [0.2, 0.25) is 0 Å². The fourth-order valence-electron chi connectivity index (χ4n) is 3.04. The number of hydrogen-bond acceptors (Lipinski definition) is 2. The van der Waals surface area contributed by atoms with E-state index in [2.05, 4.69) is 48.9 Å². The summed E-state index contributed by atoms with van der Waals surface area (Å²) in [6, 6.07) is 2.89. The van der Waals surface area contributed by atoms with Crippen LogP contribution in [0.5, 0.6) is 0 Å². The van der Waals surface area contributed by atoms with Crippen LogP contribution in [-0.4, -0.2) is 22.4 Å². The van der Waals surface area contributed by atoms with Crippen LogP contribution < -0.4 is 5.32 Å². The largest absolute Gasteiger partial charge is 0.314 e. The molecule has 0 aliphatic heterocycles. The molecular weight excluding hydrogens is 234 g/mol. The first-order chi connectivity index (χ1) is 8.96. The third kappa shape index (κ3) is 4.34. The van der Waals surface area contributed by atoms with Crippen molar-refractivity contribution in [2.24, 2.45) is 5.41 Å². The molecule has 1 aliphatic rings. The quantitative estimate of drug-likeness (QED) is 0.825. The van der Waals surface area contributed by atoms with Gasteiger partial charge in [-0.15, -0.1) is 0 Å². The third-order valence-electron chi connectivity index (χ3n) is 4.42. The lowest BCUT2D eigenvalue weighted by atomic mass is 9.75. The predicted octanol–water partition coefficient (Wildman–Crippen LogP) is 3.45. The Kier molecular flexibility index (Phi) is 4.67. The highest BCUT2D eigenvalue weighted by Gasteiger charge is 2.26. The minimum atomic E-state index is 0.571. The standard InChI is InChI=1S/C16H29N3/c1-13-12-14(2)19(18-13)11-5-10-17-15-6-8-16(3,4)9-7-15/h12,15,17H,5-11H2,1-4H3. The Hall–Kier alpha value is -0.830. The van der Waals surface area contributed by atoms with Gasteiger partial charge in [0.25, 0.3) is 0 Å². The van der Waals surface area contributed by atoms with Crippen molar-refractivity contribution in [1.29, 1.82) is 0 Å². The Balaban J connectivity index is 1.64. The Morgan fingerprint density at radius 2 is 2.00 bits per heavy atom. The molecule has 0 unspecified atom stereocenters. The molecule has 3 nitrogen and oxygen atoms in total. The summed E-state index contributed by atoms with van der Waals surface area (Å²) < 4.78 is 2.13. The molecule has 1 saturated carbocycles. The first-order valence-electron chi connectivity index (χ1n) is 7.71. The monoisotopic (exact) mass is 263 g/mol. The molecule has 0 amide bonds. The Morgan fingerprint density at radius 3 is 2.58 bits per heavy atom. The van der Waals surface area contributed by atoms with E-state index in [1.165, 1.54) is 37.8 Å². The van der Waals surface area contributed by atoms with Gasteiger partial charge in [-0.3, -0.25) is 4.68 Å². The van der Waals surface area contributed by atoms with Gasteiger partial charge in [0.2, 0.25) is 0 Å². The Morgan fingerprint density at radius 1 is 1.32 bits per heavy atom. The fraction of sp³-hybridized carbons (Fsp3) is 0.812. The Labute approximate surface area is 117 Å². The van der Waals surface area contributed by atoms with Crippen molar-refractivity contribution >= 4 is 0 Å². The lowest BCUT2D eigenvalue weighted by Gasteiger charge is -2.34. The zero-order chi connectivity index (χ0) is 13.9. The summed E-state index contributed by atoms with van der Waals surface area (Å²) in [4.78, 5) is 0. The second kappa shape index (κ2) is 6.08. The van der Waals surface area contributed by atoms with Gasteiger partial charge in [0.1, 0.15) is 0 Å². The van der Waals surface area contributed by atoms with E-state index in [4.69, 9.17) is 0 Å². The van der Waals surface area contributed by atoms with E-state index in [0.29, 0.717) is 5.41 Å². The van der Waals surface area contributed by atoms with Gasteiger partial charge < -0.3 is 5.32 Å². The summed E-state index contributed by atoms with van der Waals surface area (Å²) in [5, 5.41) is 8.22. The average molecular weight is 263 g/mol. The van der Waals surface area contributed by atoms with Crippen LogP contribution in [0.25, 0.3) is 0 Å². The van der Waals surface area contributed by atoms with Crippen molar-refractivity contribution < 1.29 is 0 Å². The van der Waals surface area contributed by atoms with Crippen LogP contribution in [0, 0.1) is 19.3 Å². The smallest absolute Gasteiger partial charge is 0.0596 e. The maximum absolute atomic E-state index is 4.50. The van der Waals surface area contributed by atoms with Crippen LogP contribution >= 0.6 is 0 Å². The molecule has 0 spiro atoms. The van der Waals surface area contributed by atoms with E-state index in [1.54, 1.807) is 0 Å². The van der Waals surface area contributed by atoms with E-state index in [1.807, 2.05) is 0 Å². The number of nitrogens with one attached hydrogen (secondary N) is 1. The second-order valence-electron chi connectivity index (χ2n) is 6.90. The molecule has 1 aromatic rings. The summed E-state index contributed by atoms with van der Waals surface area (Å²) in [6.07, 6.45) is 6.58. The summed E-state index contributed by atoms with van der Waals surface area (Å²) in [5.74, 6) is 0. The summed E-state index contributed by atoms with van der Waals surface area (Å²) in [6.45, 7) is 11.1. The first kappa shape index (κ1) is 14.6. The van der Waals surface area contributed by atoms with Crippen LogP contribution in [0.3, 0.4) is 0 Å². The van der Waals surface area contributed by atoms with Gasteiger partial charge in [0, 0.05) is 18.3 Å². The molecule has 1 aliphatic carbocycles. The molecule has 2 rings (SSSR count). The summed E-state index contributed by atoms with van der Waals surface area (Å²) >= 11 is 0. The molecule has 108 valence electrons. The van der Waals surface area contributed by atoms with E-state index < -0.39 is 0 Å². The van der Waals surface area contributed by atoms with Crippen LogP contribution in [-0.2, 0) is 6.54 Å². The highest BCUT2D eigenvalue weighted by molar-refractivity contribution is 5.06. The van der Waals surface area contributed by atoms with Gasteiger partial charge in [-0.05, 0) is 64.0 Å². The normalized spacial score (nSPS) is 19.8. The summed E-state index contributed by atoms with van der Waals surface area (Å²) in [5.41, 5.74) is 2.97. The Bertz CT molecular complexity index is 396. The zero-order valence-corrected chi connectivity index (χ0v) is 13.0. The fourth-order valence-corrected chi connectivity index (χ4v) is 3.04. The molecular formula is C16H29N3. The molecule has 1 aromatic heterocycles. The molecule has 0 bridgehead atoms. The first-order valence-corrected chi connectivity index (χ1v) is 7.71. The molecule has 1 fully saturated rings. The highest BCUT2D eigenvalue weighted by atomic mass is 15.3. The van der Waals surface area contributed by atoms with Crippen LogP contribution in [0.4, 0.5) is 0 Å². The van der Waals surface area contributed by atoms with E-state index in [-0.39, 0.29) is 0 Å². The number of nitrogens with zero attached hydrogens (tertiary/aromatic N) is 2. The topological polar surface area (TPSA) is 29.9 Å². The number of hydrogen-bond donors (Lipinski definition) is 1. The number of rotatable bonds is 5. The van der Waals surface area contributed by atoms with Gasteiger partial charge in [0.05, 0.1) is 5.69 Å². The van der Waals surface area contributed by atoms with Gasteiger partial charge in [-0.1, -0.05) is 13.8 Å². The molecule has 19 heavy (non-hydrogen) atoms. The second-order valence-corrected chi connectivity index (χ2v) is 6.90. The number of aromatic nitrogens is 2. The van der Waals surface area contributed by atoms with Crippen molar-refractivity contribution in [2.45, 2.75) is 72.4 Å². The van der Waals surface area contributed by atoms with Gasteiger partial charge in [-0.2, -0.15) is 5.10 Å². The van der Waals surface area contributed by atoms with Crippen molar-refractivity contribution in [3.63, 3.8) is 0 Å². The van der Waals surface area contributed by atoms with Crippen molar-refractivity contribution in [1.82, 2.24) is 15.1 Å². The SMILES string of the molecule is Cc1cc(C)n(CCCNC2CCC(C)(C)CC2)n1. The minimum Gasteiger partial charge on any atom is -0.314 e. The maximum atomic E-state index is 4.50. The third-order valence-corrected chi connectivity index (χ3v) is 4.42. The van der Waals surface area contributed by atoms with Crippen molar-refractivity contribution in [2.75, 3.05) is 6.54 Å². The van der Waals surface area contributed by atoms with Crippen LogP contribution in [0.1, 0.15) is 57.3 Å². The van der Waals surface area contributed by atoms with Gasteiger partial charge >= 0.3 is 0 Å². The molecule has 0 radical (unpaired) electrons. The molecule has 0 saturated heterocycles. The van der Waals surface area contributed by atoms with E-state index in [9.17, 15) is 0 Å². The maximum Gasteiger partial charge on any atom is 0.0596 e. The van der Waals surface area contributed by atoms with Gasteiger partial charge in [0.15, 0.2) is 0 Å². The predicted molar refractivity (Wildman–Crippen MR) is 80.4 cm³/mol. The van der Waals surface area contributed by atoms with Gasteiger partial charge in [-0.25, -0.2) is 0 Å². The van der Waals surface area contributed by atoms with E-state index >= 15 is 0 Å². The average Bonchev–Trinajstić information content (AvgIpc) is 2.65.